The average molecular weight is 374 g/mol. The van der Waals surface area contributed by atoms with E-state index in [0.29, 0.717) is 11.3 Å². The molecular weight excluding hydrogens is 356 g/mol. The molecule has 0 fully saturated rings. The molecule has 0 aliphatic heterocycles. The molecule has 3 aromatic carbocycles. The van der Waals surface area contributed by atoms with Gasteiger partial charge in [0.15, 0.2) is 5.65 Å². The zero-order chi connectivity index (χ0) is 20.0. The van der Waals surface area contributed by atoms with E-state index in [1.165, 1.54) is 11.1 Å². The van der Waals surface area contributed by atoms with Crippen molar-refractivity contribution in [1.82, 2.24) is 14.6 Å². The van der Waals surface area contributed by atoms with Crippen molar-refractivity contribution in [1.29, 1.82) is 5.26 Å². The fourth-order valence-electron chi connectivity index (χ4n) is 3.73. The van der Waals surface area contributed by atoms with Gasteiger partial charge in [-0.05, 0) is 43.2 Å². The van der Waals surface area contributed by atoms with E-state index >= 15 is 0 Å². The fraction of sp³-hybridized carbons (Fsp3) is 0.0800. The van der Waals surface area contributed by atoms with Crippen LogP contribution < -0.4 is 0 Å². The van der Waals surface area contributed by atoms with Gasteiger partial charge < -0.3 is 0 Å². The highest BCUT2D eigenvalue weighted by molar-refractivity contribution is 5.95. The van der Waals surface area contributed by atoms with E-state index < -0.39 is 0 Å². The largest absolute Gasteiger partial charge is 0.226 e. The van der Waals surface area contributed by atoms with Gasteiger partial charge >= 0.3 is 0 Å². The first-order valence-electron chi connectivity index (χ1n) is 9.52. The zero-order valence-corrected chi connectivity index (χ0v) is 16.2. The normalized spacial score (nSPS) is 11.1. The fourth-order valence-corrected chi connectivity index (χ4v) is 3.73. The molecule has 0 unspecified atom stereocenters. The van der Waals surface area contributed by atoms with Crippen LogP contribution in [0, 0.1) is 25.2 Å². The molecule has 0 saturated heterocycles. The second-order valence-electron chi connectivity index (χ2n) is 7.21. The first-order chi connectivity index (χ1) is 14.2. The molecule has 0 atom stereocenters. The number of nitriles is 1. The summed E-state index contributed by atoms with van der Waals surface area (Å²) < 4.78 is 1.82. The number of hydrogen-bond acceptors (Lipinski definition) is 3. The molecule has 5 aromatic rings. The summed E-state index contributed by atoms with van der Waals surface area (Å²) in [5, 5.41) is 15.9. The molecule has 0 aliphatic carbocycles. The van der Waals surface area contributed by atoms with E-state index in [0.717, 1.165) is 33.4 Å². The number of aromatic nitrogens is 3. The molecule has 29 heavy (non-hydrogen) atoms. The Labute approximate surface area is 168 Å². The highest BCUT2D eigenvalue weighted by Crippen LogP contribution is 2.34. The summed E-state index contributed by atoms with van der Waals surface area (Å²) in [6.07, 6.45) is 0. The van der Waals surface area contributed by atoms with Crippen molar-refractivity contribution in [2.45, 2.75) is 13.8 Å². The van der Waals surface area contributed by atoms with Crippen molar-refractivity contribution in [2.24, 2.45) is 0 Å². The lowest BCUT2D eigenvalue weighted by Gasteiger charge is -2.13. The van der Waals surface area contributed by atoms with Crippen LogP contribution in [-0.2, 0) is 0 Å². The predicted octanol–water partition coefficient (Wildman–Crippen LogP) is 5.71. The van der Waals surface area contributed by atoms with Gasteiger partial charge in [0.25, 0.3) is 0 Å². The topological polar surface area (TPSA) is 54.0 Å². The van der Waals surface area contributed by atoms with Crippen LogP contribution in [0.25, 0.3) is 39.1 Å². The number of benzene rings is 3. The second-order valence-corrected chi connectivity index (χ2v) is 7.21. The summed E-state index contributed by atoms with van der Waals surface area (Å²) in [6, 6.07) is 26.5. The average Bonchev–Trinajstić information content (AvgIpc) is 3.13. The summed E-state index contributed by atoms with van der Waals surface area (Å²) in [5.41, 5.74) is 7.87. The summed E-state index contributed by atoms with van der Waals surface area (Å²) in [4.78, 5) is 4.91. The summed E-state index contributed by atoms with van der Waals surface area (Å²) in [6.45, 7) is 4.17. The zero-order valence-electron chi connectivity index (χ0n) is 16.2. The molecule has 0 spiro atoms. The third kappa shape index (κ3) is 2.67. The number of aryl methyl sites for hydroxylation is 2. The molecule has 0 saturated carbocycles. The highest BCUT2D eigenvalue weighted by Gasteiger charge is 2.21. The van der Waals surface area contributed by atoms with Gasteiger partial charge in [0.2, 0.25) is 0 Å². The van der Waals surface area contributed by atoms with Gasteiger partial charge in [0, 0.05) is 16.5 Å². The first-order valence-corrected chi connectivity index (χ1v) is 9.52. The summed E-state index contributed by atoms with van der Waals surface area (Å²) >= 11 is 0. The van der Waals surface area contributed by atoms with Crippen molar-refractivity contribution >= 4 is 16.6 Å². The van der Waals surface area contributed by atoms with Gasteiger partial charge in [-0.1, -0.05) is 54.6 Å². The van der Waals surface area contributed by atoms with E-state index in [4.69, 9.17) is 10.1 Å². The molecule has 0 bridgehead atoms. The molecule has 0 amide bonds. The lowest BCUT2D eigenvalue weighted by Crippen LogP contribution is -2.04. The van der Waals surface area contributed by atoms with Gasteiger partial charge in [0.05, 0.1) is 16.9 Å². The number of rotatable bonds is 2. The first kappa shape index (κ1) is 17.2. The number of hydrogen-bond donors (Lipinski definition) is 0. The van der Waals surface area contributed by atoms with Crippen molar-refractivity contribution in [3.05, 3.63) is 89.5 Å². The molecule has 0 aliphatic rings. The molecule has 0 N–H and O–H groups in total. The Morgan fingerprint density at radius 1 is 0.828 bits per heavy atom. The van der Waals surface area contributed by atoms with Gasteiger partial charge in [-0.25, -0.2) is 9.50 Å². The summed E-state index contributed by atoms with van der Waals surface area (Å²) in [7, 11) is 0. The van der Waals surface area contributed by atoms with Crippen LogP contribution in [0.2, 0.25) is 0 Å². The quantitative estimate of drug-likeness (QED) is 0.398. The lowest BCUT2D eigenvalue weighted by molar-refractivity contribution is 0.962. The maximum Gasteiger partial charge on any atom is 0.164 e. The van der Waals surface area contributed by atoms with Crippen LogP contribution in [0.1, 0.15) is 16.7 Å². The minimum Gasteiger partial charge on any atom is -0.226 e. The highest BCUT2D eigenvalue weighted by atomic mass is 15.3. The van der Waals surface area contributed by atoms with E-state index in [1.54, 1.807) is 0 Å². The Balaban J connectivity index is 1.98. The molecule has 5 rings (SSSR count). The monoisotopic (exact) mass is 374 g/mol. The van der Waals surface area contributed by atoms with Gasteiger partial charge in [-0.3, -0.25) is 0 Å². The van der Waals surface area contributed by atoms with Crippen LogP contribution >= 0.6 is 0 Å². The second kappa shape index (κ2) is 6.57. The van der Waals surface area contributed by atoms with E-state index in [-0.39, 0.29) is 0 Å². The minimum atomic E-state index is 0.528. The van der Waals surface area contributed by atoms with Crippen LogP contribution in [0.4, 0.5) is 0 Å². The Morgan fingerprint density at radius 2 is 1.59 bits per heavy atom. The van der Waals surface area contributed by atoms with E-state index in [1.807, 2.05) is 59.1 Å². The molecule has 2 heterocycles. The third-order valence-electron chi connectivity index (χ3n) is 5.40. The molecule has 4 heteroatoms. The van der Waals surface area contributed by atoms with Crippen LogP contribution in [0.15, 0.2) is 72.8 Å². The molecule has 0 radical (unpaired) electrons. The number of fused-ring (bicyclic) bond motifs is 3. The predicted molar refractivity (Wildman–Crippen MR) is 116 cm³/mol. The maximum atomic E-state index is 10.1. The van der Waals surface area contributed by atoms with Crippen LogP contribution in [0.5, 0.6) is 0 Å². The minimum absolute atomic E-state index is 0.528. The van der Waals surface area contributed by atoms with E-state index in [9.17, 15) is 5.26 Å². The Kier molecular flexibility index (Phi) is 3.89. The van der Waals surface area contributed by atoms with Gasteiger partial charge in [0.1, 0.15) is 11.6 Å². The Hall–Kier alpha value is -3.97. The SMILES string of the molecule is Cc1ccc(-c2c(C#N)c(-c3ccccc3)nc3c4ccccc4nn23)cc1C. The van der Waals surface area contributed by atoms with Crippen molar-refractivity contribution in [3.8, 4) is 28.6 Å². The molecule has 138 valence electrons. The number of nitrogens with zero attached hydrogens (tertiary/aromatic N) is 4. The maximum absolute atomic E-state index is 10.1. The Morgan fingerprint density at radius 3 is 2.34 bits per heavy atom. The Bertz CT molecular complexity index is 1420. The van der Waals surface area contributed by atoms with Crippen LogP contribution in [0.3, 0.4) is 0 Å². The van der Waals surface area contributed by atoms with Crippen molar-refractivity contribution in [3.63, 3.8) is 0 Å². The molecular formula is C25H18N4. The van der Waals surface area contributed by atoms with Crippen molar-refractivity contribution < 1.29 is 0 Å². The lowest BCUT2D eigenvalue weighted by atomic mass is 9.98. The van der Waals surface area contributed by atoms with Crippen LogP contribution in [-0.4, -0.2) is 14.6 Å². The van der Waals surface area contributed by atoms with Crippen molar-refractivity contribution in [2.75, 3.05) is 0 Å². The van der Waals surface area contributed by atoms with Gasteiger partial charge in [-0.2, -0.15) is 10.4 Å². The van der Waals surface area contributed by atoms with E-state index in [2.05, 4.69) is 38.1 Å². The smallest absolute Gasteiger partial charge is 0.164 e. The standard InChI is InChI=1S/C25H18N4/c1-16-12-13-19(14-17(16)2)24-21(15-26)23(18-8-4-3-5-9-18)27-25-20-10-6-7-11-22(20)28-29(24)25/h3-14H,1-2H3. The third-order valence-corrected chi connectivity index (χ3v) is 5.40. The summed E-state index contributed by atoms with van der Waals surface area (Å²) in [5.74, 6) is 0. The molecule has 2 aromatic heterocycles. The molecule has 4 nitrogen and oxygen atoms in total. The van der Waals surface area contributed by atoms with Gasteiger partial charge in [-0.15, -0.1) is 0 Å².